The molecule has 196 valence electrons. The van der Waals surface area contributed by atoms with Crippen LogP contribution in [0.4, 0.5) is 18.9 Å². The molecule has 0 saturated carbocycles. The number of nitrogens with zero attached hydrogens (tertiary/aromatic N) is 5. The molecular weight excluding hydrogens is 483 g/mol. The van der Waals surface area contributed by atoms with Crippen molar-refractivity contribution in [2.24, 2.45) is 7.05 Å². The summed E-state index contributed by atoms with van der Waals surface area (Å²) in [6.07, 6.45) is -0.228. The van der Waals surface area contributed by atoms with Gasteiger partial charge in [0.05, 0.1) is 24.9 Å². The number of alkyl halides is 3. The van der Waals surface area contributed by atoms with Gasteiger partial charge in [0.15, 0.2) is 0 Å². The molecule has 7 nitrogen and oxygen atoms in total. The fourth-order valence-electron chi connectivity index (χ4n) is 5.31. The molecule has 1 amide bonds. The molecule has 2 aromatic carbocycles. The number of methoxy groups -OCH3 is 1. The third-order valence-corrected chi connectivity index (χ3v) is 7.37. The molecule has 37 heavy (non-hydrogen) atoms. The van der Waals surface area contributed by atoms with Crippen molar-refractivity contribution in [2.75, 3.05) is 25.1 Å². The lowest BCUT2D eigenvalue weighted by molar-refractivity contribution is -0.138. The minimum Gasteiger partial charge on any atom is -0.495 e. The van der Waals surface area contributed by atoms with Crippen LogP contribution >= 0.6 is 0 Å². The Bertz CT molecular complexity index is 1310. The number of anilines is 1. The minimum absolute atomic E-state index is 0.0160. The van der Waals surface area contributed by atoms with E-state index in [0.717, 1.165) is 37.3 Å². The van der Waals surface area contributed by atoms with Gasteiger partial charge in [-0.1, -0.05) is 13.0 Å². The van der Waals surface area contributed by atoms with Gasteiger partial charge in [0.25, 0.3) is 5.91 Å². The zero-order chi connectivity index (χ0) is 26.3. The summed E-state index contributed by atoms with van der Waals surface area (Å²) in [4.78, 5) is 17.1. The number of rotatable bonds is 7. The van der Waals surface area contributed by atoms with Gasteiger partial charge in [-0.25, -0.2) is 0 Å². The molecule has 1 aromatic heterocycles. The third-order valence-electron chi connectivity index (χ3n) is 7.37. The second-order valence-electron chi connectivity index (χ2n) is 9.94. The Morgan fingerprint density at radius 2 is 1.89 bits per heavy atom. The average Bonchev–Trinajstić information content (AvgIpc) is 3.59. The summed E-state index contributed by atoms with van der Waals surface area (Å²) in [5.74, 6) is 0.835. The van der Waals surface area contributed by atoms with Crippen molar-refractivity contribution in [3.8, 4) is 5.75 Å². The predicted octanol–water partition coefficient (Wildman–Crippen LogP) is 4.94. The second-order valence-corrected chi connectivity index (χ2v) is 9.94. The molecule has 0 spiro atoms. The van der Waals surface area contributed by atoms with Crippen molar-refractivity contribution in [3.63, 3.8) is 0 Å². The number of likely N-dealkylation sites (tertiary alicyclic amines) is 1. The first-order valence-corrected chi connectivity index (χ1v) is 12.4. The van der Waals surface area contributed by atoms with Crippen LogP contribution < -0.4 is 9.64 Å². The van der Waals surface area contributed by atoms with Gasteiger partial charge < -0.3 is 14.2 Å². The summed E-state index contributed by atoms with van der Waals surface area (Å²) in [6, 6.07) is 8.36. The number of aryl methyl sites for hydroxylation is 1. The van der Waals surface area contributed by atoms with E-state index in [2.05, 4.69) is 15.1 Å². The molecule has 5 rings (SSSR count). The molecule has 10 heteroatoms. The van der Waals surface area contributed by atoms with Gasteiger partial charge in [-0.2, -0.15) is 13.2 Å². The van der Waals surface area contributed by atoms with Gasteiger partial charge in [0.1, 0.15) is 17.9 Å². The van der Waals surface area contributed by atoms with E-state index in [-0.39, 0.29) is 23.6 Å². The van der Waals surface area contributed by atoms with Crippen LogP contribution in [0.1, 0.15) is 64.1 Å². The molecule has 0 unspecified atom stereocenters. The normalized spacial score (nSPS) is 16.9. The maximum absolute atomic E-state index is 14.1. The molecule has 1 saturated heterocycles. The van der Waals surface area contributed by atoms with Gasteiger partial charge in [-0.05, 0) is 72.8 Å². The monoisotopic (exact) mass is 513 g/mol. The first-order valence-electron chi connectivity index (χ1n) is 12.4. The van der Waals surface area contributed by atoms with E-state index >= 15 is 0 Å². The fraction of sp³-hybridized carbons (Fsp3) is 0.444. The molecule has 1 atom stereocenters. The minimum atomic E-state index is -4.56. The zero-order valence-electron chi connectivity index (χ0n) is 21.2. The van der Waals surface area contributed by atoms with Crippen molar-refractivity contribution in [2.45, 2.75) is 51.4 Å². The third kappa shape index (κ3) is 4.94. The zero-order valence-corrected chi connectivity index (χ0v) is 21.2. The summed E-state index contributed by atoms with van der Waals surface area (Å²) in [5.41, 5.74) is 1.29. The van der Waals surface area contributed by atoms with Crippen LogP contribution in [0.25, 0.3) is 0 Å². The van der Waals surface area contributed by atoms with Crippen LogP contribution in [-0.2, 0) is 32.7 Å². The Morgan fingerprint density at radius 3 is 2.54 bits per heavy atom. The largest absolute Gasteiger partial charge is 0.495 e. The summed E-state index contributed by atoms with van der Waals surface area (Å²) in [7, 11) is 3.36. The number of carbonyl (C=O) groups excluding carboxylic acids is 1. The van der Waals surface area contributed by atoms with Crippen LogP contribution in [0.2, 0.25) is 0 Å². The highest BCUT2D eigenvalue weighted by atomic mass is 19.4. The van der Waals surface area contributed by atoms with Crippen LogP contribution in [-0.4, -0.2) is 45.8 Å². The van der Waals surface area contributed by atoms with Crippen LogP contribution in [0, 0.1) is 0 Å². The molecule has 2 aliphatic heterocycles. The Kier molecular flexibility index (Phi) is 6.70. The number of aromatic nitrogens is 3. The number of hydrogen-bond acceptors (Lipinski definition) is 5. The molecule has 0 bridgehead atoms. The van der Waals surface area contributed by atoms with E-state index in [1.807, 2.05) is 30.7 Å². The van der Waals surface area contributed by atoms with Crippen molar-refractivity contribution < 1.29 is 22.7 Å². The van der Waals surface area contributed by atoms with Crippen molar-refractivity contribution >= 4 is 11.6 Å². The van der Waals surface area contributed by atoms with E-state index in [1.54, 1.807) is 18.5 Å². The van der Waals surface area contributed by atoms with Crippen molar-refractivity contribution in [3.05, 3.63) is 70.3 Å². The molecule has 0 aliphatic carbocycles. The smallest absolute Gasteiger partial charge is 0.416 e. The number of fused-ring (bicyclic) bond motifs is 1. The van der Waals surface area contributed by atoms with Crippen LogP contribution in [0.15, 0.2) is 36.7 Å². The average molecular weight is 514 g/mol. The quantitative estimate of drug-likeness (QED) is 0.448. The van der Waals surface area contributed by atoms with E-state index in [1.165, 1.54) is 18.1 Å². The van der Waals surface area contributed by atoms with Crippen LogP contribution in [0.5, 0.6) is 5.75 Å². The Balaban J connectivity index is 1.49. The summed E-state index contributed by atoms with van der Waals surface area (Å²) in [5, 5.41) is 8.07. The number of carbonyl (C=O) groups is 1. The molecule has 2 aliphatic rings. The topological polar surface area (TPSA) is 63.5 Å². The van der Waals surface area contributed by atoms with Crippen molar-refractivity contribution in [1.29, 1.82) is 0 Å². The first-order chi connectivity index (χ1) is 17.7. The molecule has 3 heterocycles. The van der Waals surface area contributed by atoms with E-state index in [0.29, 0.717) is 30.0 Å². The summed E-state index contributed by atoms with van der Waals surface area (Å²) in [6.45, 7) is 3.99. The Hall–Kier alpha value is -3.40. The molecule has 3 aromatic rings. The summed E-state index contributed by atoms with van der Waals surface area (Å²) < 4.78 is 49.8. The molecular formula is C27H30F3N5O2. The number of hydrogen-bond donors (Lipinski definition) is 0. The maximum Gasteiger partial charge on any atom is 0.416 e. The Labute approximate surface area is 213 Å². The predicted molar refractivity (Wildman–Crippen MR) is 133 cm³/mol. The Morgan fingerprint density at radius 1 is 1.14 bits per heavy atom. The van der Waals surface area contributed by atoms with Gasteiger partial charge in [0, 0.05) is 25.6 Å². The van der Waals surface area contributed by atoms with Crippen molar-refractivity contribution in [1.82, 2.24) is 19.7 Å². The van der Waals surface area contributed by atoms with E-state index in [4.69, 9.17) is 4.74 Å². The first kappa shape index (κ1) is 25.3. The number of halogens is 3. The highest BCUT2D eigenvalue weighted by molar-refractivity contribution is 6.11. The SMILES string of the molecule is COc1ccc([C@@H](C)Cc2nncn2C)cc1N1Cc2c(cc(CN3CCCC3)cc2C(F)(F)F)C1=O. The summed E-state index contributed by atoms with van der Waals surface area (Å²) >= 11 is 0. The molecule has 0 radical (unpaired) electrons. The van der Waals surface area contributed by atoms with Gasteiger partial charge in [0.2, 0.25) is 0 Å². The maximum atomic E-state index is 14.1. The van der Waals surface area contributed by atoms with E-state index in [9.17, 15) is 18.0 Å². The molecule has 0 N–H and O–H groups in total. The fourth-order valence-corrected chi connectivity index (χ4v) is 5.31. The number of amides is 1. The lowest BCUT2D eigenvalue weighted by atomic mass is 9.96. The van der Waals surface area contributed by atoms with Gasteiger partial charge in [-0.3, -0.25) is 9.69 Å². The standard InChI is InChI=1S/C27H30F3N5O2/c1-17(10-25-32-31-16-33(25)2)19-6-7-24(37-3)23(13-19)35-15-21-20(26(35)36)11-18(12-22(21)27(28,29)30)14-34-8-4-5-9-34/h6-7,11-13,16-17H,4-5,8-10,14-15H2,1-3H3/t17-/m0/s1. The van der Waals surface area contributed by atoms with Gasteiger partial charge in [-0.15, -0.1) is 10.2 Å². The molecule has 1 fully saturated rings. The van der Waals surface area contributed by atoms with Gasteiger partial charge >= 0.3 is 6.18 Å². The number of ether oxygens (including phenoxy) is 1. The second kappa shape index (κ2) is 9.81. The van der Waals surface area contributed by atoms with Crippen LogP contribution in [0.3, 0.4) is 0 Å². The highest BCUT2D eigenvalue weighted by Gasteiger charge is 2.41. The highest BCUT2D eigenvalue weighted by Crippen LogP contribution is 2.42. The lowest BCUT2D eigenvalue weighted by Gasteiger charge is -2.22. The van der Waals surface area contributed by atoms with E-state index < -0.39 is 17.6 Å². The number of benzene rings is 2. The lowest BCUT2D eigenvalue weighted by Crippen LogP contribution is -2.24.